The van der Waals surface area contributed by atoms with Crippen LogP contribution < -0.4 is 5.73 Å². The van der Waals surface area contributed by atoms with Crippen LogP contribution in [0.25, 0.3) is 11.1 Å². The van der Waals surface area contributed by atoms with Crippen LogP contribution in [0.15, 0.2) is 27.8 Å². The molecule has 4 rings (SSSR count). The first-order chi connectivity index (χ1) is 8.78. The molecule has 18 heavy (non-hydrogen) atoms. The number of nitrogens with two attached hydrogens (primary N) is 1. The van der Waals surface area contributed by atoms with Gasteiger partial charge in [-0.1, -0.05) is 18.2 Å². The Labute approximate surface area is 110 Å². The van der Waals surface area contributed by atoms with Crippen molar-refractivity contribution in [3.8, 4) is 0 Å². The summed E-state index contributed by atoms with van der Waals surface area (Å²) in [4.78, 5) is 4.54. The Morgan fingerprint density at radius 3 is 3.00 bits per heavy atom. The van der Waals surface area contributed by atoms with Gasteiger partial charge < -0.3 is 10.2 Å². The van der Waals surface area contributed by atoms with Gasteiger partial charge in [0.15, 0.2) is 5.58 Å². The summed E-state index contributed by atoms with van der Waals surface area (Å²) in [5.41, 5.74) is 8.20. The van der Waals surface area contributed by atoms with Gasteiger partial charge in [-0.05, 0) is 43.2 Å². The number of nitrogens with zero attached hydrogens (tertiary/aromatic N) is 1. The Morgan fingerprint density at radius 2 is 2.22 bits per heavy atom. The number of nitrogen functional groups attached to an aromatic ring is 1. The standard InChI is InChI=1S/C14H16N2OS/c15-10-3-4-11-12(7-10)17-14(16-11)18-13-6-8-1-2-9(13)5-8/h3-4,7-9,13H,1-2,5-6,15H2. The number of benzene rings is 1. The summed E-state index contributed by atoms with van der Waals surface area (Å²) in [5.74, 6) is 1.85. The maximum Gasteiger partial charge on any atom is 0.257 e. The smallest absolute Gasteiger partial charge is 0.257 e. The van der Waals surface area contributed by atoms with Crippen LogP contribution in [0.2, 0.25) is 0 Å². The van der Waals surface area contributed by atoms with Crippen molar-refractivity contribution < 1.29 is 4.42 Å². The number of rotatable bonds is 2. The average molecular weight is 260 g/mol. The monoisotopic (exact) mass is 260 g/mol. The van der Waals surface area contributed by atoms with E-state index in [2.05, 4.69) is 4.98 Å². The Bertz CT molecular complexity index is 594. The minimum atomic E-state index is 0.717. The zero-order chi connectivity index (χ0) is 12.1. The molecule has 3 nitrogen and oxygen atoms in total. The van der Waals surface area contributed by atoms with Crippen molar-refractivity contribution in [2.45, 2.75) is 36.2 Å². The predicted octanol–water partition coefficient (Wildman–Crippen LogP) is 3.69. The number of hydrogen-bond donors (Lipinski definition) is 1. The van der Waals surface area contributed by atoms with Gasteiger partial charge in [0.2, 0.25) is 0 Å². The molecule has 1 heterocycles. The minimum absolute atomic E-state index is 0.717. The SMILES string of the molecule is Nc1ccc2nc(SC3CC4CCC3C4)oc2c1. The Hall–Kier alpha value is -1.16. The summed E-state index contributed by atoms with van der Waals surface area (Å²) < 4.78 is 5.79. The van der Waals surface area contributed by atoms with E-state index in [9.17, 15) is 0 Å². The van der Waals surface area contributed by atoms with Crippen molar-refractivity contribution in [2.24, 2.45) is 11.8 Å². The maximum absolute atomic E-state index is 5.79. The van der Waals surface area contributed by atoms with Gasteiger partial charge in [-0.25, -0.2) is 4.98 Å². The van der Waals surface area contributed by atoms with Crippen LogP contribution in [0.1, 0.15) is 25.7 Å². The molecule has 2 fully saturated rings. The van der Waals surface area contributed by atoms with Crippen molar-refractivity contribution in [3.05, 3.63) is 18.2 Å². The highest BCUT2D eigenvalue weighted by molar-refractivity contribution is 7.99. The van der Waals surface area contributed by atoms with Crippen molar-refractivity contribution in [3.63, 3.8) is 0 Å². The number of hydrogen-bond acceptors (Lipinski definition) is 4. The van der Waals surface area contributed by atoms with E-state index in [1.165, 1.54) is 25.7 Å². The van der Waals surface area contributed by atoms with E-state index in [0.29, 0.717) is 5.25 Å². The zero-order valence-electron chi connectivity index (χ0n) is 10.1. The molecule has 0 spiro atoms. The predicted molar refractivity (Wildman–Crippen MR) is 73.5 cm³/mol. The zero-order valence-corrected chi connectivity index (χ0v) is 11.0. The lowest BCUT2D eigenvalue weighted by atomic mass is 10.0. The number of aromatic nitrogens is 1. The fraction of sp³-hybridized carbons (Fsp3) is 0.500. The molecule has 2 bridgehead atoms. The van der Waals surface area contributed by atoms with E-state index >= 15 is 0 Å². The van der Waals surface area contributed by atoms with E-state index in [4.69, 9.17) is 10.2 Å². The molecule has 4 heteroatoms. The van der Waals surface area contributed by atoms with E-state index in [0.717, 1.165) is 33.8 Å². The number of oxazole rings is 1. The summed E-state index contributed by atoms with van der Waals surface area (Å²) in [6, 6.07) is 5.66. The first-order valence-corrected chi connectivity index (χ1v) is 7.48. The molecule has 2 aromatic rings. The fourth-order valence-corrected chi connectivity index (χ4v) is 4.79. The van der Waals surface area contributed by atoms with E-state index in [-0.39, 0.29) is 0 Å². The summed E-state index contributed by atoms with van der Waals surface area (Å²) in [5, 5.41) is 1.53. The summed E-state index contributed by atoms with van der Waals surface area (Å²) in [6.07, 6.45) is 5.60. The van der Waals surface area contributed by atoms with Gasteiger partial charge in [0.05, 0.1) is 0 Å². The molecule has 0 radical (unpaired) electrons. The van der Waals surface area contributed by atoms with Gasteiger partial charge >= 0.3 is 0 Å². The van der Waals surface area contributed by atoms with Gasteiger partial charge in [-0.2, -0.15) is 0 Å². The first-order valence-electron chi connectivity index (χ1n) is 6.60. The molecular weight excluding hydrogens is 244 g/mol. The number of thioether (sulfide) groups is 1. The molecule has 3 atom stereocenters. The molecule has 2 aliphatic carbocycles. The van der Waals surface area contributed by atoms with Crippen molar-refractivity contribution in [2.75, 3.05) is 5.73 Å². The second-order valence-corrected chi connectivity index (χ2v) is 6.73. The highest BCUT2D eigenvalue weighted by Crippen LogP contribution is 2.51. The summed E-state index contributed by atoms with van der Waals surface area (Å²) in [6.45, 7) is 0. The minimum Gasteiger partial charge on any atom is -0.431 e. The van der Waals surface area contributed by atoms with Gasteiger partial charge in [0.1, 0.15) is 5.52 Å². The molecule has 0 saturated heterocycles. The Morgan fingerprint density at radius 1 is 1.28 bits per heavy atom. The molecule has 2 aliphatic rings. The Kier molecular flexibility index (Phi) is 2.34. The third-order valence-corrected chi connectivity index (χ3v) is 5.57. The van der Waals surface area contributed by atoms with E-state index in [1.807, 2.05) is 30.0 Å². The van der Waals surface area contributed by atoms with Crippen LogP contribution in [0, 0.1) is 11.8 Å². The quantitative estimate of drug-likeness (QED) is 0.837. The van der Waals surface area contributed by atoms with Crippen LogP contribution in [0.3, 0.4) is 0 Å². The van der Waals surface area contributed by atoms with Crippen molar-refractivity contribution in [1.29, 1.82) is 0 Å². The molecule has 1 aromatic carbocycles. The van der Waals surface area contributed by atoms with Gasteiger partial charge in [-0.15, -0.1) is 0 Å². The second kappa shape index (κ2) is 3.92. The molecule has 94 valence electrons. The van der Waals surface area contributed by atoms with Crippen LogP contribution in [-0.4, -0.2) is 10.2 Å². The largest absolute Gasteiger partial charge is 0.431 e. The molecule has 1 aromatic heterocycles. The molecule has 0 amide bonds. The van der Waals surface area contributed by atoms with Gasteiger partial charge in [0.25, 0.3) is 5.22 Å². The van der Waals surface area contributed by atoms with Crippen LogP contribution in [-0.2, 0) is 0 Å². The molecule has 0 aliphatic heterocycles. The highest BCUT2D eigenvalue weighted by atomic mass is 32.2. The average Bonchev–Trinajstić information content (AvgIpc) is 3.02. The van der Waals surface area contributed by atoms with E-state index < -0.39 is 0 Å². The van der Waals surface area contributed by atoms with Crippen molar-refractivity contribution in [1.82, 2.24) is 4.98 Å². The fourth-order valence-electron chi connectivity index (χ4n) is 3.43. The van der Waals surface area contributed by atoms with Crippen LogP contribution >= 0.6 is 11.8 Å². The summed E-state index contributed by atoms with van der Waals surface area (Å²) in [7, 11) is 0. The third-order valence-electron chi connectivity index (χ3n) is 4.32. The Balaban J connectivity index is 1.59. The molecule has 3 unspecified atom stereocenters. The third kappa shape index (κ3) is 1.70. The highest BCUT2D eigenvalue weighted by Gasteiger charge is 2.40. The van der Waals surface area contributed by atoms with Gasteiger partial charge in [0, 0.05) is 17.0 Å². The molecular formula is C14H16N2OS. The first kappa shape index (κ1) is 10.7. The second-order valence-electron chi connectivity index (χ2n) is 5.54. The van der Waals surface area contributed by atoms with E-state index in [1.54, 1.807) is 0 Å². The van der Waals surface area contributed by atoms with Gasteiger partial charge in [-0.3, -0.25) is 0 Å². The topological polar surface area (TPSA) is 52.0 Å². The lowest BCUT2D eigenvalue weighted by Crippen LogP contribution is -2.12. The molecule has 2 saturated carbocycles. The normalized spacial score (nSPS) is 30.3. The van der Waals surface area contributed by atoms with Crippen LogP contribution in [0.4, 0.5) is 5.69 Å². The lowest BCUT2D eigenvalue weighted by molar-refractivity contribution is 0.468. The lowest BCUT2D eigenvalue weighted by Gasteiger charge is -2.18. The number of fused-ring (bicyclic) bond motifs is 3. The van der Waals surface area contributed by atoms with Crippen LogP contribution in [0.5, 0.6) is 0 Å². The number of anilines is 1. The summed E-state index contributed by atoms with van der Waals surface area (Å²) >= 11 is 1.83. The molecule has 2 N–H and O–H groups in total. The maximum atomic E-state index is 5.79. The van der Waals surface area contributed by atoms with Crippen molar-refractivity contribution >= 4 is 28.5 Å².